The predicted octanol–water partition coefficient (Wildman–Crippen LogP) is 1.76. The lowest BCUT2D eigenvalue weighted by atomic mass is 10.1. The third-order valence-corrected chi connectivity index (χ3v) is 6.41. The fraction of sp³-hybridized carbons (Fsp3) is 0.444. The molecule has 1 unspecified atom stereocenters. The van der Waals surface area contributed by atoms with Crippen molar-refractivity contribution in [2.45, 2.75) is 18.9 Å². The molecule has 2 heterocycles. The Morgan fingerprint density at radius 2 is 2.12 bits per heavy atom. The Hall–Kier alpha value is -2.35. The van der Waals surface area contributed by atoms with Crippen LogP contribution in [0, 0.1) is 0 Å². The van der Waals surface area contributed by atoms with Gasteiger partial charge in [0.1, 0.15) is 23.7 Å². The highest BCUT2D eigenvalue weighted by molar-refractivity contribution is 7.91. The molecule has 0 bridgehead atoms. The molecule has 1 aromatic heterocycles. The van der Waals surface area contributed by atoms with E-state index in [1.54, 1.807) is 7.11 Å². The van der Waals surface area contributed by atoms with Crippen molar-refractivity contribution in [3.8, 4) is 5.75 Å². The molecule has 2 aromatic rings. The summed E-state index contributed by atoms with van der Waals surface area (Å²) in [6.07, 6.45) is 2.94. The molecule has 1 aromatic carbocycles. The van der Waals surface area contributed by atoms with Crippen LogP contribution >= 0.6 is 0 Å². The van der Waals surface area contributed by atoms with Crippen LogP contribution in [-0.2, 0) is 16.3 Å². The summed E-state index contributed by atoms with van der Waals surface area (Å²) < 4.78 is 28.7. The number of rotatable bonds is 7. The topological polar surface area (TPSA) is 84.4 Å². The number of hydrogen-bond acceptors (Lipinski definition) is 7. The van der Waals surface area contributed by atoms with Gasteiger partial charge in [-0.2, -0.15) is 0 Å². The maximum absolute atomic E-state index is 11.7. The molecule has 7 nitrogen and oxygen atoms in total. The highest BCUT2D eigenvalue weighted by Gasteiger charge is 2.31. The standard InChI is InChI=1S/C18H24N4O3S/c1-22(15-8-10-26(23,24)12-15)18-11-17(20-13-21-18)19-9-7-14-5-3-4-6-16(14)25-2/h3-6,11,13,15H,7-10,12H2,1-2H3,(H,19,20,21). The Balaban J connectivity index is 1.61. The summed E-state index contributed by atoms with van der Waals surface area (Å²) in [4.78, 5) is 10.5. The van der Waals surface area contributed by atoms with Gasteiger partial charge in [0.05, 0.1) is 18.6 Å². The quantitative estimate of drug-likeness (QED) is 0.788. The van der Waals surface area contributed by atoms with E-state index in [1.807, 2.05) is 42.3 Å². The molecular weight excluding hydrogens is 352 g/mol. The van der Waals surface area contributed by atoms with Crippen molar-refractivity contribution in [2.75, 3.05) is 42.4 Å². The van der Waals surface area contributed by atoms with Gasteiger partial charge in [-0.15, -0.1) is 0 Å². The molecule has 140 valence electrons. The molecule has 1 atom stereocenters. The summed E-state index contributed by atoms with van der Waals surface area (Å²) in [5.74, 6) is 2.75. The highest BCUT2D eigenvalue weighted by atomic mass is 32.2. The molecule has 1 aliphatic rings. The first kappa shape index (κ1) is 18.4. The van der Waals surface area contributed by atoms with Gasteiger partial charge in [-0.3, -0.25) is 0 Å². The summed E-state index contributed by atoms with van der Waals surface area (Å²) in [5, 5.41) is 3.29. The smallest absolute Gasteiger partial charge is 0.152 e. The molecule has 0 spiro atoms. The van der Waals surface area contributed by atoms with Crippen LogP contribution in [0.3, 0.4) is 0 Å². The van der Waals surface area contributed by atoms with Crippen molar-refractivity contribution in [1.82, 2.24) is 9.97 Å². The first-order valence-electron chi connectivity index (χ1n) is 8.59. The Labute approximate surface area is 154 Å². The van der Waals surface area contributed by atoms with E-state index in [4.69, 9.17) is 4.74 Å². The number of nitrogens with zero attached hydrogens (tertiary/aromatic N) is 3. The van der Waals surface area contributed by atoms with Gasteiger partial charge in [-0.25, -0.2) is 18.4 Å². The second kappa shape index (κ2) is 7.90. The fourth-order valence-corrected chi connectivity index (χ4v) is 4.91. The van der Waals surface area contributed by atoms with Crippen LogP contribution in [0.4, 0.5) is 11.6 Å². The van der Waals surface area contributed by atoms with Crippen LogP contribution in [0.2, 0.25) is 0 Å². The van der Waals surface area contributed by atoms with Crippen LogP contribution < -0.4 is 15.0 Å². The molecule has 1 aliphatic heterocycles. The number of sulfone groups is 1. The van der Waals surface area contributed by atoms with Crippen LogP contribution in [-0.4, -0.2) is 56.6 Å². The second-order valence-electron chi connectivity index (χ2n) is 6.42. The average molecular weight is 376 g/mol. The zero-order valence-electron chi connectivity index (χ0n) is 15.1. The maximum Gasteiger partial charge on any atom is 0.152 e. The summed E-state index contributed by atoms with van der Waals surface area (Å²) in [6.45, 7) is 0.707. The van der Waals surface area contributed by atoms with Gasteiger partial charge in [0.15, 0.2) is 9.84 Å². The van der Waals surface area contributed by atoms with Gasteiger partial charge in [0, 0.05) is 25.7 Å². The van der Waals surface area contributed by atoms with Crippen LogP contribution in [0.1, 0.15) is 12.0 Å². The van der Waals surface area contributed by atoms with Crippen molar-refractivity contribution >= 4 is 21.5 Å². The normalized spacial score (nSPS) is 18.5. The van der Waals surface area contributed by atoms with Gasteiger partial charge in [-0.05, 0) is 24.5 Å². The Morgan fingerprint density at radius 1 is 1.31 bits per heavy atom. The van der Waals surface area contributed by atoms with Crippen LogP contribution in [0.5, 0.6) is 5.75 Å². The lowest BCUT2D eigenvalue weighted by molar-refractivity contribution is 0.410. The van der Waals surface area contributed by atoms with E-state index in [9.17, 15) is 8.42 Å². The van der Waals surface area contributed by atoms with E-state index < -0.39 is 9.84 Å². The molecular formula is C18H24N4O3S. The van der Waals surface area contributed by atoms with Crippen molar-refractivity contribution in [2.24, 2.45) is 0 Å². The number of methoxy groups -OCH3 is 1. The lowest BCUT2D eigenvalue weighted by Gasteiger charge is -2.24. The second-order valence-corrected chi connectivity index (χ2v) is 8.65. The minimum atomic E-state index is -2.92. The summed E-state index contributed by atoms with van der Waals surface area (Å²) >= 11 is 0. The van der Waals surface area contributed by atoms with E-state index >= 15 is 0 Å². The molecule has 1 saturated heterocycles. The molecule has 1 fully saturated rings. The SMILES string of the molecule is COc1ccccc1CCNc1cc(N(C)C2CCS(=O)(=O)C2)ncn1. The maximum atomic E-state index is 11.7. The van der Waals surface area contributed by atoms with Crippen LogP contribution in [0.25, 0.3) is 0 Å². The summed E-state index contributed by atoms with van der Waals surface area (Å²) in [7, 11) is 0.627. The van der Waals surface area contributed by atoms with Gasteiger partial charge in [-0.1, -0.05) is 18.2 Å². The van der Waals surface area contributed by atoms with Crippen molar-refractivity contribution in [3.05, 3.63) is 42.2 Å². The largest absolute Gasteiger partial charge is 0.496 e. The molecule has 0 radical (unpaired) electrons. The van der Waals surface area contributed by atoms with E-state index in [-0.39, 0.29) is 17.5 Å². The molecule has 1 N–H and O–H groups in total. The number of benzene rings is 1. The van der Waals surface area contributed by atoms with E-state index in [0.717, 1.165) is 29.4 Å². The average Bonchev–Trinajstić information content (AvgIpc) is 3.01. The Bertz CT molecular complexity index is 857. The summed E-state index contributed by atoms with van der Waals surface area (Å²) in [6, 6.07) is 9.75. The number of para-hydroxylation sites is 1. The first-order chi connectivity index (χ1) is 12.5. The molecule has 3 rings (SSSR count). The number of aromatic nitrogens is 2. The number of hydrogen-bond donors (Lipinski definition) is 1. The lowest BCUT2D eigenvalue weighted by Crippen LogP contribution is -2.33. The first-order valence-corrected chi connectivity index (χ1v) is 10.4. The monoisotopic (exact) mass is 376 g/mol. The third kappa shape index (κ3) is 4.43. The van der Waals surface area contributed by atoms with Gasteiger partial charge in [0.25, 0.3) is 0 Å². The van der Waals surface area contributed by atoms with Gasteiger partial charge >= 0.3 is 0 Å². The molecule has 0 saturated carbocycles. The highest BCUT2D eigenvalue weighted by Crippen LogP contribution is 2.22. The minimum Gasteiger partial charge on any atom is -0.496 e. The van der Waals surface area contributed by atoms with Crippen molar-refractivity contribution < 1.29 is 13.2 Å². The molecule has 26 heavy (non-hydrogen) atoms. The van der Waals surface area contributed by atoms with Gasteiger partial charge < -0.3 is 15.0 Å². The van der Waals surface area contributed by atoms with Gasteiger partial charge in [0.2, 0.25) is 0 Å². The number of ether oxygens (including phenoxy) is 1. The van der Waals surface area contributed by atoms with E-state index in [0.29, 0.717) is 13.0 Å². The third-order valence-electron chi connectivity index (χ3n) is 4.66. The Morgan fingerprint density at radius 3 is 2.85 bits per heavy atom. The zero-order valence-corrected chi connectivity index (χ0v) is 15.9. The fourth-order valence-electron chi connectivity index (χ4n) is 3.14. The van der Waals surface area contributed by atoms with Crippen LogP contribution in [0.15, 0.2) is 36.7 Å². The Kier molecular flexibility index (Phi) is 5.61. The zero-order chi connectivity index (χ0) is 18.6. The number of nitrogens with one attached hydrogen (secondary N) is 1. The predicted molar refractivity (Wildman–Crippen MR) is 103 cm³/mol. The van der Waals surface area contributed by atoms with E-state index in [2.05, 4.69) is 15.3 Å². The summed E-state index contributed by atoms with van der Waals surface area (Å²) in [5.41, 5.74) is 1.13. The van der Waals surface area contributed by atoms with Crippen molar-refractivity contribution in [1.29, 1.82) is 0 Å². The van der Waals surface area contributed by atoms with Crippen molar-refractivity contribution in [3.63, 3.8) is 0 Å². The van der Waals surface area contributed by atoms with E-state index in [1.165, 1.54) is 6.33 Å². The minimum absolute atomic E-state index is 0.0312. The molecule has 0 amide bonds. The molecule has 0 aliphatic carbocycles. The molecule has 8 heteroatoms. The number of anilines is 2.